The number of carbonyl (C=O) groups is 2. The number of carbonyl (C=O) groups excluding carboxylic acids is 2. The van der Waals surface area contributed by atoms with Crippen LogP contribution in [0.2, 0.25) is 0 Å². The molecule has 0 aliphatic rings. The molecule has 2 amide bonds. The van der Waals surface area contributed by atoms with Gasteiger partial charge < -0.3 is 11.1 Å². The summed E-state index contributed by atoms with van der Waals surface area (Å²) in [5.41, 5.74) is 8.96. The third kappa shape index (κ3) is 4.14. The Hall–Kier alpha value is -2.58. The number of hydrogen-bond acceptors (Lipinski definition) is 5. The lowest BCUT2D eigenvalue weighted by Gasteiger charge is -2.10. The van der Waals surface area contributed by atoms with Crippen LogP contribution in [-0.4, -0.2) is 27.1 Å². The molecule has 0 unspecified atom stereocenters. The molecule has 3 aromatic rings. The van der Waals surface area contributed by atoms with Crippen molar-refractivity contribution < 1.29 is 9.59 Å². The van der Waals surface area contributed by atoms with E-state index in [9.17, 15) is 9.59 Å². The van der Waals surface area contributed by atoms with Crippen LogP contribution in [0.15, 0.2) is 47.2 Å². The highest BCUT2D eigenvalue weighted by atomic mass is 32.2. The Morgan fingerprint density at radius 2 is 2.00 bits per heavy atom. The molecule has 0 fully saturated rings. The molecular formula is C18H18N4O2S2. The van der Waals surface area contributed by atoms with Crippen molar-refractivity contribution in [2.45, 2.75) is 19.0 Å². The molecule has 0 bridgehead atoms. The Bertz CT molecular complexity index is 942. The number of anilines is 1. The number of imidazole rings is 1. The van der Waals surface area contributed by atoms with Gasteiger partial charge in [-0.3, -0.25) is 14.2 Å². The second-order valence-electron chi connectivity index (χ2n) is 5.79. The Morgan fingerprint density at radius 3 is 2.69 bits per heavy atom. The lowest BCUT2D eigenvalue weighted by molar-refractivity contribution is -0.113. The van der Waals surface area contributed by atoms with Crippen molar-refractivity contribution in [1.29, 1.82) is 0 Å². The number of hydrogen-bond donors (Lipinski definition) is 2. The van der Waals surface area contributed by atoms with E-state index in [2.05, 4.69) is 28.5 Å². The predicted octanol–water partition coefficient (Wildman–Crippen LogP) is 3.38. The zero-order valence-corrected chi connectivity index (χ0v) is 16.0. The zero-order chi connectivity index (χ0) is 18.7. The van der Waals surface area contributed by atoms with E-state index in [1.807, 2.05) is 24.6 Å². The van der Waals surface area contributed by atoms with Gasteiger partial charge in [-0.1, -0.05) is 17.8 Å². The molecule has 0 aliphatic heterocycles. The number of nitrogens with zero attached hydrogens (tertiary/aromatic N) is 2. The lowest BCUT2D eigenvalue weighted by atomic mass is 10.1. The van der Waals surface area contributed by atoms with E-state index in [-0.39, 0.29) is 11.7 Å². The SMILES string of the molecule is Cc1cc(C)cc(-n2ccnc2SCC(=O)Nc2sccc2C(N)=O)c1. The van der Waals surface area contributed by atoms with Crippen LogP contribution in [0.5, 0.6) is 0 Å². The van der Waals surface area contributed by atoms with E-state index >= 15 is 0 Å². The second-order valence-corrected chi connectivity index (χ2v) is 7.65. The third-order valence-electron chi connectivity index (χ3n) is 3.61. The molecule has 0 spiro atoms. The smallest absolute Gasteiger partial charge is 0.251 e. The van der Waals surface area contributed by atoms with Gasteiger partial charge in [-0.05, 0) is 48.6 Å². The number of amides is 2. The van der Waals surface area contributed by atoms with E-state index in [1.165, 1.54) is 34.2 Å². The maximum atomic E-state index is 12.2. The topological polar surface area (TPSA) is 90.0 Å². The van der Waals surface area contributed by atoms with Crippen molar-refractivity contribution in [3.63, 3.8) is 0 Å². The summed E-state index contributed by atoms with van der Waals surface area (Å²) < 4.78 is 1.96. The number of rotatable bonds is 6. The first-order valence-corrected chi connectivity index (χ1v) is 9.72. The molecule has 2 heterocycles. The van der Waals surface area contributed by atoms with Crippen LogP contribution in [0.4, 0.5) is 5.00 Å². The lowest BCUT2D eigenvalue weighted by Crippen LogP contribution is -2.18. The monoisotopic (exact) mass is 386 g/mol. The van der Waals surface area contributed by atoms with Gasteiger partial charge in [-0.15, -0.1) is 11.3 Å². The Labute approximate surface area is 159 Å². The Balaban J connectivity index is 1.69. The molecule has 3 rings (SSSR count). The maximum absolute atomic E-state index is 12.2. The molecule has 0 saturated heterocycles. The summed E-state index contributed by atoms with van der Waals surface area (Å²) in [5.74, 6) is -0.591. The number of aryl methyl sites for hydroxylation is 2. The van der Waals surface area contributed by atoms with Gasteiger partial charge in [0.25, 0.3) is 5.91 Å². The summed E-state index contributed by atoms with van der Waals surface area (Å²) in [7, 11) is 0. The van der Waals surface area contributed by atoms with Crippen molar-refractivity contribution in [1.82, 2.24) is 9.55 Å². The Morgan fingerprint density at radius 1 is 1.27 bits per heavy atom. The van der Waals surface area contributed by atoms with E-state index in [0.29, 0.717) is 10.6 Å². The standard InChI is InChI=1S/C18H18N4O2S2/c1-11-7-12(2)9-13(8-11)22-5-4-20-18(22)26-10-15(23)21-17-14(16(19)24)3-6-25-17/h3-9H,10H2,1-2H3,(H2,19,24)(H,21,23). The van der Waals surface area contributed by atoms with Crippen LogP contribution in [0, 0.1) is 13.8 Å². The van der Waals surface area contributed by atoms with Gasteiger partial charge in [-0.2, -0.15) is 0 Å². The number of nitrogens with two attached hydrogens (primary N) is 1. The summed E-state index contributed by atoms with van der Waals surface area (Å²) in [4.78, 5) is 27.9. The average molecular weight is 387 g/mol. The van der Waals surface area contributed by atoms with Gasteiger partial charge in [0, 0.05) is 18.1 Å². The van der Waals surface area contributed by atoms with Gasteiger partial charge in [0.1, 0.15) is 5.00 Å². The van der Waals surface area contributed by atoms with Gasteiger partial charge in [0.2, 0.25) is 5.91 Å². The fourth-order valence-electron chi connectivity index (χ4n) is 2.58. The second kappa shape index (κ2) is 7.76. The average Bonchev–Trinajstić information content (AvgIpc) is 3.20. The Kier molecular flexibility index (Phi) is 5.43. The van der Waals surface area contributed by atoms with E-state index < -0.39 is 5.91 Å². The quantitative estimate of drug-likeness (QED) is 0.636. The maximum Gasteiger partial charge on any atom is 0.251 e. The molecule has 134 valence electrons. The summed E-state index contributed by atoms with van der Waals surface area (Å²) in [5, 5.41) is 5.65. The minimum Gasteiger partial charge on any atom is -0.366 e. The molecule has 0 radical (unpaired) electrons. The summed E-state index contributed by atoms with van der Waals surface area (Å²) in [6, 6.07) is 7.85. The van der Waals surface area contributed by atoms with Crippen LogP contribution in [0.25, 0.3) is 5.69 Å². The molecule has 0 atom stereocenters. The molecule has 26 heavy (non-hydrogen) atoms. The van der Waals surface area contributed by atoms with Crippen molar-refractivity contribution in [2.75, 3.05) is 11.1 Å². The first kappa shape index (κ1) is 18.2. The van der Waals surface area contributed by atoms with E-state index in [0.717, 1.165) is 10.8 Å². The minimum atomic E-state index is -0.556. The number of thioether (sulfide) groups is 1. The van der Waals surface area contributed by atoms with Gasteiger partial charge >= 0.3 is 0 Å². The highest BCUT2D eigenvalue weighted by Crippen LogP contribution is 2.25. The van der Waals surface area contributed by atoms with Gasteiger partial charge in [0.05, 0.1) is 11.3 Å². The van der Waals surface area contributed by atoms with Gasteiger partial charge in [-0.25, -0.2) is 4.98 Å². The first-order chi connectivity index (χ1) is 12.4. The third-order valence-corrected chi connectivity index (χ3v) is 5.40. The van der Waals surface area contributed by atoms with Crippen LogP contribution in [0.1, 0.15) is 21.5 Å². The number of primary amides is 1. The highest BCUT2D eigenvalue weighted by Gasteiger charge is 2.14. The van der Waals surface area contributed by atoms with Crippen LogP contribution in [-0.2, 0) is 4.79 Å². The number of aromatic nitrogens is 2. The zero-order valence-electron chi connectivity index (χ0n) is 14.4. The van der Waals surface area contributed by atoms with Crippen molar-refractivity contribution in [2.24, 2.45) is 5.73 Å². The molecule has 2 aromatic heterocycles. The predicted molar refractivity (Wildman–Crippen MR) is 105 cm³/mol. The number of benzene rings is 1. The molecule has 3 N–H and O–H groups in total. The first-order valence-electron chi connectivity index (χ1n) is 7.86. The van der Waals surface area contributed by atoms with Gasteiger partial charge in [0.15, 0.2) is 5.16 Å². The summed E-state index contributed by atoms with van der Waals surface area (Å²) >= 11 is 2.60. The summed E-state index contributed by atoms with van der Waals surface area (Å²) in [6.07, 6.45) is 3.58. The fourth-order valence-corrected chi connectivity index (χ4v) is 4.16. The van der Waals surface area contributed by atoms with Crippen molar-refractivity contribution in [3.8, 4) is 5.69 Å². The molecule has 0 aliphatic carbocycles. The highest BCUT2D eigenvalue weighted by molar-refractivity contribution is 7.99. The van der Waals surface area contributed by atoms with Crippen LogP contribution >= 0.6 is 23.1 Å². The van der Waals surface area contributed by atoms with Crippen molar-refractivity contribution >= 4 is 39.9 Å². The fraction of sp³-hybridized carbons (Fsp3) is 0.167. The van der Waals surface area contributed by atoms with E-state index in [1.54, 1.807) is 17.6 Å². The molecular weight excluding hydrogens is 368 g/mol. The number of nitrogens with one attached hydrogen (secondary N) is 1. The largest absolute Gasteiger partial charge is 0.366 e. The van der Waals surface area contributed by atoms with Crippen LogP contribution < -0.4 is 11.1 Å². The molecule has 6 nitrogen and oxygen atoms in total. The minimum absolute atomic E-state index is 0.178. The molecule has 1 aromatic carbocycles. The normalized spacial score (nSPS) is 10.7. The van der Waals surface area contributed by atoms with E-state index in [4.69, 9.17) is 5.73 Å². The summed E-state index contributed by atoms with van der Waals surface area (Å²) in [6.45, 7) is 4.09. The number of thiophene rings is 1. The molecule has 0 saturated carbocycles. The van der Waals surface area contributed by atoms with Crippen molar-refractivity contribution in [3.05, 3.63) is 58.7 Å². The molecule has 8 heteroatoms. The van der Waals surface area contributed by atoms with Crippen LogP contribution in [0.3, 0.4) is 0 Å².